The zero-order valence-electron chi connectivity index (χ0n) is 11.9. The number of hydrogen-bond donors (Lipinski definition) is 1. The first-order valence-corrected chi connectivity index (χ1v) is 6.61. The molecule has 1 heterocycles. The molecule has 4 nitrogen and oxygen atoms in total. The average molecular weight is 284 g/mol. The number of hydrogen-bond acceptors (Lipinski definition) is 4. The van der Waals surface area contributed by atoms with Gasteiger partial charge in [-0.2, -0.15) is 0 Å². The van der Waals surface area contributed by atoms with Gasteiger partial charge in [-0.15, -0.1) is 0 Å². The Morgan fingerprint density at radius 2 is 1.76 bits per heavy atom. The van der Waals surface area contributed by atoms with E-state index in [9.17, 15) is 5.11 Å². The van der Waals surface area contributed by atoms with Crippen LogP contribution < -0.4 is 14.2 Å². The molecule has 0 spiro atoms. The molecule has 0 radical (unpaired) electrons. The van der Waals surface area contributed by atoms with Crippen LogP contribution in [0.25, 0.3) is 6.08 Å². The lowest BCUT2D eigenvalue weighted by atomic mass is 10.1. The lowest BCUT2D eigenvalue weighted by molar-refractivity contribution is 0.394. The fourth-order valence-electron chi connectivity index (χ4n) is 2.33. The SMILES string of the molecule is COc1cc(C=C2Cc3ccc(O)cc3O2)cc(OC)c1. The van der Waals surface area contributed by atoms with Crippen LogP contribution in [0, 0.1) is 0 Å². The molecular weight excluding hydrogens is 268 g/mol. The number of benzene rings is 2. The van der Waals surface area contributed by atoms with Crippen LogP contribution in [-0.4, -0.2) is 19.3 Å². The molecule has 2 aromatic carbocycles. The highest BCUT2D eigenvalue weighted by Crippen LogP contribution is 2.35. The number of allylic oxidation sites excluding steroid dienone is 1. The van der Waals surface area contributed by atoms with Crippen molar-refractivity contribution in [1.29, 1.82) is 0 Å². The first kappa shape index (κ1) is 13.4. The number of phenols is 1. The second-order valence-corrected chi connectivity index (χ2v) is 4.83. The van der Waals surface area contributed by atoms with Crippen molar-refractivity contribution < 1.29 is 19.3 Å². The highest BCUT2D eigenvalue weighted by molar-refractivity contribution is 5.60. The standard InChI is InChI=1S/C17H16O4/c1-19-14-5-11(6-15(10-14)20-2)7-16-8-12-3-4-13(18)9-17(12)21-16/h3-7,9-10,18H,8H2,1-2H3. The van der Waals surface area contributed by atoms with Crippen LogP contribution in [0.1, 0.15) is 11.1 Å². The number of aromatic hydroxyl groups is 1. The van der Waals surface area contributed by atoms with Crippen molar-refractivity contribution in [2.75, 3.05) is 14.2 Å². The van der Waals surface area contributed by atoms with E-state index in [1.807, 2.05) is 30.3 Å². The number of fused-ring (bicyclic) bond motifs is 1. The molecule has 0 unspecified atom stereocenters. The van der Waals surface area contributed by atoms with E-state index in [4.69, 9.17) is 14.2 Å². The summed E-state index contributed by atoms with van der Waals surface area (Å²) in [6, 6.07) is 10.8. The minimum Gasteiger partial charge on any atom is -0.508 e. The number of methoxy groups -OCH3 is 2. The van der Waals surface area contributed by atoms with Crippen LogP contribution in [0.2, 0.25) is 0 Å². The third kappa shape index (κ3) is 2.79. The highest BCUT2D eigenvalue weighted by Gasteiger charge is 2.17. The normalized spacial score (nSPS) is 14.7. The van der Waals surface area contributed by atoms with Gasteiger partial charge in [0.1, 0.15) is 28.8 Å². The van der Waals surface area contributed by atoms with Crippen molar-refractivity contribution in [2.45, 2.75) is 6.42 Å². The molecule has 1 N–H and O–H groups in total. The molecule has 2 aromatic rings. The molecule has 4 heteroatoms. The van der Waals surface area contributed by atoms with E-state index < -0.39 is 0 Å². The smallest absolute Gasteiger partial charge is 0.134 e. The topological polar surface area (TPSA) is 47.9 Å². The fourth-order valence-corrected chi connectivity index (χ4v) is 2.33. The minimum atomic E-state index is 0.207. The van der Waals surface area contributed by atoms with Gasteiger partial charge in [-0.25, -0.2) is 0 Å². The van der Waals surface area contributed by atoms with E-state index in [1.165, 1.54) is 0 Å². The van der Waals surface area contributed by atoms with Crippen LogP contribution >= 0.6 is 0 Å². The summed E-state index contributed by atoms with van der Waals surface area (Å²) in [6.07, 6.45) is 2.65. The molecule has 21 heavy (non-hydrogen) atoms. The monoisotopic (exact) mass is 284 g/mol. The summed E-state index contributed by atoms with van der Waals surface area (Å²) in [6.45, 7) is 0. The molecule has 0 fully saturated rings. The molecular formula is C17H16O4. The molecule has 0 aromatic heterocycles. The quantitative estimate of drug-likeness (QED) is 0.938. The first-order valence-electron chi connectivity index (χ1n) is 6.61. The van der Waals surface area contributed by atoms with E-state index >= 15 is 0 Å². The zero-order chi connectivity index (χ0) is 14.8. The van der Waals surface area contributed by atoms with Gasteiger partial charge in [-0.1, -0.05) is 6.07 Å². The van der Waals surface area contributed by atoms with Crippen molar-refractivity contribution in [2.24, 2.45) is 0 Å². The molecule has 3 rings (SSSR count). The third-order valence-corrected chi connectivity index (χ3v) is 3.36. The summed E-state index contributed by atoms with van der Waals surface area (Å²) in [5.41, 5.74) is 2.01. The van der Waals surface area contributed by atoms with E-state index in [0.29, 0.717) is 12.2 Å². The summed E-state index contributed by atoms with van der Waals surface area (Å²) >= 11 is 0. The summed E-state index contributed by atoms with van der Waals surface area (Å²) in [5.74, 6) is 3.20. The number of ether oxygens (including phenoxy) is 3. The second-order valence-electron chi connectivity index (χ2n) is 4.83. The van der Waals surface area contributed by atoms with E-state index in [0.717, 1.165) is 28.4 Å². The summed E-state index contributed by atoms with van der Waals surface area (Å²) in [7, 11) is 3.24. The fraction of sp³-hybridized carbons (Fsp3) is 0.176. The van der Waals surface area contributed by atoms with Gasteiger partial charge >= 0.3 is 0 Å². The highest BCUT2D eigenvalue weighted by atomic mass is 16.5. The van der Waals surface area contributed by atoms with Crippen molar-refractivity contribution >= 4 is 6.08 Å². The van der Waals surface area contributed by atoms with Crippen molar-refractivity contribution in [3.8, 4) is 23.0 Å². The Morgan fingerprint density at radius 1 is 1.05 bits per heavy atom. The Hall–Kier alpha value is -2.62. The summed E-state index contributed by atoms with van der Waals surface area (Å²) < 4.78 is 16.3. The Morgan fingerprint density at radius 3 is 2.43 bits per heavy atom. The van der Waals surface area contributed by atoms with E-state index in [2.05, 4.69) is 0 Å². The third-order valence-electron chi connectivity index (χ3n) is 3.36. The Labute approximate surface area is 123 Å². The van der Waals surface area contributed by atoms with Gasteiger partial charge in [0.2, 0.25) is 0 Å². The lowest BCUT2D eigenvalue weighted by Crippen LogP contribution is -1.91. The maximum absolute atomic E-state index is 9.48. The average Bonchev–Trinajstić information content (AvgIpc) is 2.87. The molecule has 1 aliphatic rings. The van der Waals surface area contributed by atoms with Gasteiger partial charge in [-0.05, 0) is 29.8 Å². The molecule has 0 amide bonds. The predicted molar refractivity (Wildman–Crippen MR) is 80.0 cm³/mol. The maximum atomic E-state index is 9.48. The minimum absolute atomic E-state index is 0.207. The zero-order valence-corrected chi connectivity index (χ0v) is 11.9. The van der Waals surface area contributed by atoms with Crippen LogP contribution in [0.3, 0.4) is 0 Å². The van der Waals surface area contributed by atoms with Gasteiger partial charge < -0.3 is 19.3 Å². The van der Waals surface area contributed by atoms with Crippen molar-refractivity contribution in [3.05, 3.63) is 53.3 Å². The maximum Gasteiger partial charge on any atom is 0.134 e. The van der Waals surface area contributed by atoms with Gasteiger partial charge in [0.05, 0.1) is 14.2 Å². The molecule has 0 saturated carbocycles. The van der Waals surface area contributed by atoms with Crippen LogP contribution in [0.15, 0.2) is 42.2 Å². The number of phenolic OH excluding ortho intramolecular Hbond substituents is 1. The second kappa shape index (κ2) is 5.40. The Kier molecular flexibility index (Phi) is 3.44. The van der Waals surface area contributed by atoms with E-state index in [1.54, 1.807) is 26.4 Å². The molecule has 0 bridgehead atoms. The molecule has 1 aliphatic heterocycles. The summed E-state index contributed by atoms with van der Waals surface area (Å²) in [5, 5.41) is 9.48. The molecule has 0 aliphatic carbocycles. The first-order chi connectivity index (χ1) is 10.2. The van der Waals surface area contributed by atoms with Crippen LogP contribution in [0.5, 0.6) is 23.0 Å². The van der Waals surface area contributed by atoms with Crippen molar-refractivity contribution in [3.63, 3.8) is 0 Å². The van der Waals surface area contributed by atoms with Crippen molar-refractivity contribution in [1.82, 2.24) is 0 Å². The lowest BCUT2D eigenvalue weighted by Gasteiger charge is -2.06. The Balaban J connectivity index is 1.90. The summed E-state index contributed by atoms with van der Waals surface area (Å²) in [4.78, 5) is 0. The number of rotatable bonds is 3. The predicted octanol–water partition coefficient (Wildman–Crippen LogP) is 3.39. The van der Waals surface area contributed by atoms with Gasteiger partial charge in [0.25, 0.3) is 0 Å². The molecule has 108 valence electrons. The van der Waals surface area contributed by atoms with Crippen LogP contribution in [0.4, 0.5) is 0 Å². The van der Waals surface area contributed by atoms with Gasteiger partial charge in [0.15, 0.2) is 0 Å². The largest absolute Gasteiger partial charge is 0.508 e. The molecule has 0 saturated heterocycles. The molecule has 0 atom stereocenters. The van der Waals surface area contributed by atoms with E-state index in [-0.39, 0.29) is 5.75 Å². The van der Waals surface area contributed by atoms with Crippen LogP contribution in [-0.2, 0) is 6.42 Å². The van der Waals surface area contributed by atoms with Gasteiger partial charge in [0, 0.05) is 24.1 Å². The van der Waals surface area contributed by atoms with Gasteiger partial charge in [-0.3, -0.25) is 0 Å². The Bertz CT molecular complexity index is 682.